The first-order valence-corrected chi connectivity index (χ1v) is 6.95. The molecule has 0 saturated heterocycles. The van der Waals surface area contributed by atoms with Gasteiger partial charge in [0.1, 0.15) is 33.8 Å². The Labute approximate surface area is 118 Å². The molecule has 0 atom stereocenters. The quantitative estimate of drug-likeness (QED) is 0.697. The van der Waals surface area contributed by atoms with Gasteiger partial charge in [-0.25, -0.2) is 22.8 Å². The number of benzene rings is 1. The van der Waals surface area contributed by atoms with Crippen LogP contribution in [0.5, 0.6) is 0 Å². The van der Waals surface area contributed by atoms with E-state index in [4.69, 9.17) is 0 Å². The molecule has 0 unspecified atom stereocenters. The summed E-state index contributed by atoms with van der Waals surface area (Å²) in [6.07, 6.45) is -4.79. The van der Waals surface area contributed by atoms with Crippen molar-refractivity contribution in [3.8, 4) is 11.3 Å². The molecule has 0 bridgehead atoms. The van der Waals surface area contributed by atoms with Crippen molar-refractivity contribution in [3.05, 3.63) is 47.7 Å². The van der Waals surface area contributed by atoms with Gasteiger partial charge in [-0.2, -0.15) is 13.2 Å². The fourth-order valence-electron chi connectivity index (χ4n) is 1.64. The SMILES string of the molecule is O=[SH](=O)Cc1nc(-c2ccccc2F)cc(C(F)(F)F)n1. The van der Waals surface area contributed by atoms with Gasteiger partial charge in [0, 0.05) is 5.56 Å². The number of nitrogens with zero attached hydrogens (tertiary/aromatic N) is 2. The number of aromatic nitrogens is 2. The summed E-state index contributed by atoms with van der Waals surface area (Å²) < 4.78 is 73.2. The van der Waals surface area contributed by atoms with Crippen molar-refractivity contribution < 1.29 is 26.0 Å². The van der Waals surface area contributed by atoms with Crippen molar-refractivity contribution in [2.75, 3.05) is 0 Å². The molecule has 0 N–H and O–H groups in total. The van der Waals surface area contributed by atoms with Crippen LogP contribution in [-0.2, 0) is 22.6 Å². The molecule has 0 spiro atoms. The summed E-state index contributed by atoms with van der Waals surface area (Å²) in [7, 11) is -3.00. The highest BCUT2D eigenvalue weighted by Crippen LogP contribution is 2.31. The van der Waals surface area contributed by atoms with Gasteiger partial charge in [0.15, 0.2) is 0 Å². The highest BCUT2D eigenvalue weighted by atomic mass is 32.2. The van der Waals surface area contributed by atoms with Crippen LogP contribution in [0.1, 0.15) is 11.5 Å². The minimum Gasteiger partial charge on any atom is -0.232 e. The molecule has 1 heterocycles. The summed E-state index contributed by atoms with van der Waals surface area (Å²) in [6.45, 7) is 0. The number of halogens is 4. The first-order chi connectivity index (χ1) is 9.77. The Kier molecular flexibility index (Phi) is 4.21. The van der Waals surface area contributed by atoms with Crippen molar-refractivity contribution in [1.29, 1.82) is 0 Å². The van der Waals surface area contributed by atoms with Crippen LogP contribution >= 0.6 is 0 Å². The first kappa shape index (κ1) is 15.4. The average molecular weight is 320 g/mol. The van der Waals surface area contributed by atoms with Gasteiger partial charge in [0.25, 0.3) is 0 Å². The molecule has 112 valence electrons. The van der Waals surface area contributed by atoms with Gasteiger partial charge < -0.3 is 0 Å². The average Bonchev–Trinajstić information content (AvgIpc) is 2.37. The third kappa shape index (κ3) is 3.75. The molecule has 0 saturated carbocycles. The van der Waals surface area contributed by atoms with E-state index in [1.165, 1.54) is 18.2 Å². The van der Waals surface area contributed by atoms with Gasteiger partial charge in [-0.05, 0) is 18.2 Å². The smallest absolute Gasteiger partial charge is 0.232 e. The van der Waals surface area contributed by atoms with Crippen molar-refractivity contribution in [1.82, 2.24) is 9.97 Å². The van der Waals surface area contributed by atoms with Crippen LogP contribution in [0.2, 0.25) is 0 Å². The van der Waals surface area contributed by atoms with Crippen LogP contribution in [0.3, 0.4) is 0 Å². The lowest BCUT2D eigenvalue weighted by atomic mass is 10.1. The zero-order valence-electron chi connectivity index (χ0n) is 10.3. The van der Waals surface area contributed by atoms with E-state index in [0.717, 1.165) is 6.07 Å². The second-order valence-electron chi connectivity index (χ2n) is 4.02. The second-order valence-corrected chi connectivity index (χ2v) is 5.00. The maximum atomic E-state index is 13.6. The third-order valence-corrected chi connectivity index (χ3v) is 3.02. The molecule has 1 aromatic heterocycles. The van der Waals surface area contributed by atoms with E-state index in [0.29, 0.717) is 6.07 Å². The van der Waals surface area contributed by atoms with Crippen LogP contribution in [0.15, 0.2) is 30.3 Å². The van der Waals surface area contributed by atoms with Gasteiger partial charge in [-0.1, -0.05) is 12.1 Å². The normalized spacial score (nSPS) is 11.9. The zero-order valence-corrected chi connectivity index (χ0v) is 11.2. The van der Waals surface area contributed by atoms with E-state index in [2.05, 4.69) is 9.97 Å². The van der Waals surface area contributed by atoms with Crippen LogP contribution < -0.4 is 0 Å². The van der Waals surface area contributed by atoms with Crippen molar-refractivity contribution in [2.24, 2.45) is 0 Å². The Morgan fingerprint density at radius 3 is 2.33 bits per heavy atom. The molecule has 0 fully saturated rings. The molecule has 21 heavy (non-hydrogen) atoms. The predicted molar refractivity (Wildman–Crippen MR) is 66.4 cm³/mol. The van der Waals surface area contributed by atoms with Gasteiger partial charge in [0.2, 0.25) is 0 Å². The van der Waals surface area contributed by atoms with Crippen molar-refractivity contribution in [2.45, 2.75) is 11.9 Å². The van der Waals surface area contributed by atoms with Gasteiger partial charge in [-0.15, -0.1) is 0 Å². The molecule has 4 nitrogen and oxygen atoms in total. The standard InChI is InChI=1S/C12H8F4N2O2S/c13-8-4-2-1-3-7(8)9-5-10(12(14,15)16)18-11(17-9)6-21(19)20/h1-5,21H,6H2. The largest absolute Gasteiger partial charge is 0.433 e. The zero-order chi connectivity index (χ0) is 15.6. The van der Waals surface area contributed by atoms with E-state index < -0.39 is 40.0 Å². The van der Waals surface area contributed by atoms with E-state index in [1.807, 2.05) is 0 Å². The number of thiol groups is 1. The first-order valence-electron chi connectivity index (χ1n) is 5.59. The lowest BCUT2D eigenvalue weighted by molar-refractivity contribution is -0.141. The molecule has 1 aromatic carbocycles. The Morgan fingerprint density at radius 1 is 1.10 bits per heavy atom. The highest BCUT2D eigenvalue weighted by Gasteiger charge is 2.34. The van der Waals surface area contributed by atoms with Gasteiger partial charge in [-0.3, -0.25) is 0 Å². The fourth-order valence-corrected chi connectivity index (χ4v) is 2.01. The topological polar surface area (TPSA) is 59.9 Å². The Hall–Kier alpha value is -2.03. The lowest BCUT2D eigenvalue weighted by Gasteiger charge is -2.10. The summed E-state index contributed by atoms with van der Waals surface area (Å²) in [6, 6.07) is 5.71. The predicted octanol–water partition coefficient (Wildman–Crippen LogP) is 2.41. The summed E-state index contributed by atoms with van der Waals surface area (Å²) in [5, 5.41) is 0. The molecule has 0 radical (unpaired) electrons. The molecule has 0 aliphatic rings. The number of rotatable bonds is 3. The molecular weight excluding hydrogens is 312 g/mol. The van der Waals surface area contributed by atoms with E-state index in [9.17, 15) is 26.0 Å². The summed E-state index contributed by atoms with van der Waals surface area (Å²) >= 11 is 0. The number of hydrogen-bond acceptors (Lipinski definition) is 4. The van der Waals surface area contributed by atoms with Gasteiger partial charge >= 0.3 is 6.18 Å². The van der Waals surface area contributed by atoms with E-state index in [-0.39, 0.29) is 11.3 Å². The maximum absolute atomic E-state index is 13.6. The van der Waals surface area contributed by atoms with Crippen LogP contribution in [0.4, 0.5) is 17.6 Å². The van der Waals surface area contributed by atoms with Gasteiger partial charge in [0.05, 0.1) is 5.69 Å². The summed E-state index contributed by atoms with van der Waals surface area (Å²) in [4.78, 5) is 6.84. The molecular formula is C12H8F4N2O2S. The Morgan fingerprint density at radius 2 is 1.76 bits per heavy atom. The van der Waals surface area contributed by atoms with Crippen LogP contribution in [0, 0.1) is 5.82 Å². The van der Waals surface area contributed by atoms with E-state index >= 15 is 0 Å². The molecule has 0 aliphatic carbocycles. The fraction of sp³-hybridized carbons (Fsp3) is 0.167. The monoisotopic (exact) mass is 320 g/mol. The molecule has 0 amide bonds. The lowest BCUT2D eigenvalue weighted by Crippen LogP contribution is -2.12. The summed E-state index contributed by atoms with van der Waals surface area (Å²) in [5.74, 6) is -2.04. The molecule has 2 aromatic rings. The number of hydrogen-bond donors (Lipinski definition) is 1. The molecule has 2 rings (SSSR count). The van der Waals surface area contributed by atoms with Crippen LogP contribution in [0.25, 0.3) is 11.3 Å². The maximum Gasteiger partial charge on any atom is 0.433 e. The minimum absolute atomic E-state index is 0.159. The molecule has 0 aliphatic heterocycles. The number of alkyl halides is 3. The van der Waals surface area contributed by atoms with Crippen molar-refractivity contribution >= 4 is 10.7 Å². The Balaban J connectivity index is 2.63. The van der Waals surface area contributed by atoms with E-state index in [1.54, 1.807) is 0 Å². The third-order valence-electron chi connectivity index (χ3n) is 2.48. The van der Waals surface area contributed by atoms with Crippen molar-refractivity contribution in [3.63, 3.8) is 0 Å². The Bertz CT molecular complexity index is 736. The van der Waals surface area contributed by atoms with Crippen LogP contribution in [-0.4, -0.2) is 18.4 Å². The highest BCUT2D eigenvalue weighted by molar-refractivity contribution is 7.71. The minimum atomic E-state index is -4.79. The molecule has 9 heteroatoms. The second kappa shape index (κ2) is 5.76. The summed E-state index contributed by atoms with van der Waals surface area (Å²) in [5.41, 5.74) is -1.79.